The number of aliphatic carboxylic acids is 1. The van der Waals surface area contributed by atoms with Crippen LogP contribution in [0.5, 0.6) is 0 Å². The van der Waals surface area contributed by atoms with Gasteiger partial charge in [0, 0.05) is 11.6 Å². The van der Waals surface area contributed by atoms with Gasteiger partial charge in [-0.15, -0.1) is 0 Å². The lowest BCUT2D eigenvalue weighted by Crippen LogP contribution is -2.56. The molecule has 0 saturated heterocycles. The zero-order valence-electron chi connectivity index (χ0n) is 11.9. The van der Waals surface area contributed by atoms with Gasteiger partial charge in [0.1, 0.15) is 0 Å². The van der Waals surface area contributed by atoms with Crippen LogP contribution in [0.15, 0.2) is 24.8 Å². The van der Waals surface area contributed by atoms with Crippen LogP contribution in [-0.4, -0.2) is 47.8 Å². The number of halogens is 8. The fourth-order valence-electron chi connectivity index (χ4n) is 0.762. The van der Waals surface area contributed by atoms with E-state index in [2.05, 4.69) is 17.9 Å². The maximum absolute atomic E-state index is 12.8. The summed E-state index contributed by atoms with van der Waals surface area (Å²) in [5.74, 6) is -14.8. The zero-order chi connectivity index (χ0) is 19.9. The molecule has 0 rings (SSSR count). The molecule has 0 amide bonds. The molecule has 0 heterocycles. The Hall–Kier alpha value is -2.14. The summed E-state index contributed by atoms with van der Waals surface area (Å²) >= 11 is 0. The lowest BCUT2D eigenvalue weighted by Gasteiger charge is -2.30. The van der Waals surface area contributed by atoms with Crippen LogP contribution in [0.4, 0.5) is 35.1 Å². The van der Waals surface area contributed by atoms with Crippen molar-refractivity contribution in [3.8, 4) is 0 Å². The smallest absolute Gasteiger partial charge is 0.378 e. The molecule has 1 N–H and O–H groups in total. The Kier molecular flexibility index (Phi) is 9.27. The molecule has 0 radical (unpaired) electrons. The molecule has 12 heteroatoms. The Morgan fingerprint density at radius 1 is 1.08 bits per heavy atom. The highest BCUT2D eigenvalue weighted by Gasteiger charge is 2.70. The van der Waals surface area contributed by atoms with Crippen molar-refractivity contribution in [3.05, 3.63) is 24.8 Å². The summed E-state index contributed by atoms with van der Waals surface area (Å²) in [5, 5.41) is 7.60. The van der Waals surface area contributed by atoms with Crippen LogP contribution in [0.2, 0.25) is 0 Å². The van der Waals surface area contributed by atoms with E-state index in [1.54, 1.807) is 0 Å². The van der Waals surface area contributed by atoms with Gasteiger partial charge in [-0.1, -0.05) is 13.2 Å². The summed E-state index contributed by atoms with van der Waals surface area (Å²) in [6.45, 7) is 6.70. The predicted octanol–water partition coefficient (Wildman–Crippen LogP) is 3.53. The third-order valence-corrected chi connectivity index (χ3v) is 2.03. The Bertz CT molecular complexity index is 478. The van der Waals surface area contributed by atoms with Gasteiger partial charge in [-0.25, -0.2) is 22.8 Å². The number of ether oxygens (including phenoxy) is 1. The van der Waals surface area contributed by atoms with Crippen LogP contribution in [0.3, 0.4) is 0 Å². The summed E-state index contributed by atoms with van der Waals surface area (Å²) < 4.78 is 103. The fraction of sp³-hybridized carbons (Fsp3) is 0.500. The normalized spacial score (nSPS) is 14.1. The minimum atomic E-state index is -6.06. The van der Waals surface area contributed by atoms with Gasteiger partial charge in [0.15, 0.2) is 0 Å². The highest BCUT2D eigenvalue weighted by molar-refractivity contribution is 5.87. The van der Waals surface area contributed by atoms with Crippen molar-refractivity contribution in [1.29, 1.82) is 0 Å². The molecule has 0 aliphatic heterocycles. The van der Waals surface area contributed by atoms with E-state index in [0.717, 1.165) is 13.0 Å². The first kappa shape index (κ1) is 24.1. The molecule has 0 spiro atoms. The van der Waals surface area contributed by atoms with Gasteiger partial charge in [0.25, 0.3) is 6.43 Å². The summed E-state index contributed by atoms with van der Waals surface area (Å²) in [7, 11) is 0. The van der Waals surface area contributed by atoms with Crippen molar-refractivity contribution < 1.29 is 54.6 Å². The highest BCUT2D eigenvalue weighted by atomic mass is 19.3. The van der Waals surface area contributed by atoms with E-state index in [1.807, 2.05) is 0 Å². The van der Waals surface area contributed by atoms with E-state index >= 15 is 0 Å². The summed E-state index contributed by atoms with van der Waals surface area (Å²) in [4.78, 5) is 19.9. The Balaban J connectivity index is 0. The highest BCUT2D eigenvalue weighted by Crippen LogP contribution is 2.44. The van der Waals surface area contributed by atoms with Crippen molar-refractivity contribution in [2.45, 2.75) is 37.7 Å². The van der Waals surface area contributed by atoms with Crippen molar-refractivity contribution >= 4 is 11.9 Å². The molecule has 0 saturated carbocycles. The summed E-state index contributed by atoms with van der Waals surface area (Å²) in [6, 6.07) is 0. The molecule has 2 atom stereocenters. The molecule has 0 bridgehead atoms. The third-order valence-electron chi connectivity index (χ3n) is 2.03. The van der Waals surface area contributed by atoms with E-state index in [-0.39, 0.29) is 0 Å². The van der Waals surface area contributed by atoms with E-state index in [4.69, 9.17) is 5.11 Å². The lowest BCUT2D eigenvalue weighted by molar-refractivity contribution is -0.312. The Labute approximate surface area is 130 Å². The maximum Gasteiger partial charge on any atom is 0.378 e. The first-order valence-electron chi connectivity index (χ1n) is 5.66. The van der Waals surface area contributed by atoms with Crippen molar-refractivity contribution in [2.75, 3.05) is 0 Å². The predicted molar refractivity (Wildman–Crippen MR) is 64.4 cm³/mol. The molecule has 0 aromatic heterocycles. The van der Waals surface area contributed by atoms with E-state index in [1.165, 1.54) is 0 Å². The van der Waals surface area contributed by atoms with E-state index in [0.29, 0.717) is 0 Å². The van der Waals surface area contributed by atoms with Crippen molar-refractivity contribution in [3.63, 3.8) is 0 Å². The van der Waals surface area contributed by atoms with Gasteiger partial charge in [0.2, 0.25) is 6.17 Å². The second kappa shape index (κ2) is 9.23. The first-order valence-corrected chi connectivity index (χ1v) is 5.66. The topological polar surface area (TPSA) is 63.6 Å². The first-order chi connectivity index (χ1) is 10.6. The molecule has 0 aromatic rings. The quantitative estimate of drug-likeness (QED) is 0.422. The van der Waals surface area contributed by atoms with Crippen LogP contribution < -0.4 is 0 Å². The van der Waals surface area contributed by atoms with E-state index in [9.17, 15) is 44.7 Å². The van der Waals surface area contributed by atoms with Crippen LogP contribution in [0.25, 0.3) is 0 Å². The maximum atomic E-state index is 12.8. The van der Waals surface area contributed by atoms with Crippen LogP contribution in [0, 0.1) is 0 Å². The molecule has 4 nitrogen and oxygen atoms in total. The number of carboxylic acids is 1. The lowest BCUT2D eigenvalue weighted by atomic mass is 10.1. The van der Waals surface area contributed by atoms with E-state index < -0.39 is 48.3 Å². The number of carbonyl (C=O) groups excluding carboxylic acids is 1. The number of carboxylic acid groups (broad SMARTS) is 1. The van der Waals surface area contributed by atoms with Gasteiger partial charge in [-0.3, -0.25) is 0 Å². The standard InChI is InChI=1S/C9H8F8O2.C3H4O2/c1-3(2)6(18)19-7(13)9(16,17)8(14,15)4(10)5(11)12;1-2-3(4)5/h4-5,7H,1H2,2H3;2H,1H2,(H,4,5). The SMILES string of the molecule is C=C(C)C(=O)OC(F)C(F)(F)C(F)(F)C(F)C(F)F.C=CC(=O)O. The third kappa shape index (κ3) is 6.54. The van der Waals surface area contributed by atoms with Gasteiger partial charge < -0.3 is 9.84 Å². The molecule has 0 aromatic carbocycles. The minimum Gasteiger partial charge on any atom is -0.478 e. The van der Waals surface area contributed by atoms with Crippen LogP contribution in [0.1, 0.15) is 6.92 Å². The minimum absolute atomic E-state index is 0.604. The molecular formula is C12H12F8O4. The number of alkyl halides is 8. The number of rotatable bonds is 7. The zero-order valence-corrected chi connectivity index (χ0v) is 11.9. The van der Waals surface area contributed by atoms with Gasteiger partial charge in [-0.05, 0) is 6.92 Å². The number of carbonyl (C=O) groups is 2. The molecule has 2 unspecified atom stereocenters. The molecular weight excluding hydrogens is 360 g/mol. The largest absolute Gasteiger partial charge is 0.478 e. The van der Waals surface area contributed by atoms with Gasteiger partial charge >= 0.3 is 30.1 Å². The molecule has 0 aliphatic carbocycles. The molecule has 140 valence electrons. The second-order valence-corrected chi connectivity index (χ2v) is 4.03. The number of esters is 1. The summed E-state index contributed by atoms with van der Waals surface area (Å²) in [5.41, 5.74) is -0.604. The van der Waals surface area contributed by atoms with Crippen LogP contribution >= 0.6 is 0 Å². The van der Waals surface area contributed by atoms with Crippen molar-refractivity contribution in [1.82, 2.24) is 0 Å². The Morgan fingerprint density at radius 3 is 1.71 bits per heavy atom. The van der Waals surface area contributed by atoms with Crippen molar-refractivity contribution in [2.24, 2.45) is 0 Å². The average molecular weight is 372 g/mol. The number of hydrogen-bond donors (Lipinski definition) is 1. The fourth-order valence-corrected chi connectivity index (χ4v) is 0.762. The molecule has 0 fully saturated rings. The monoisotopic (exact) mass is 372 g/mol. The van der Waals surface area contributed by atoms with Gasteiger partial charge in [-0.2, -0.15) is 22.0 Å². The number of hydrogen-bond acceptors (Lipinski definition) is 3. The van der Waals surface area contributed by atoms with Gasteiger partial charge in [0.05, 0.1) is 0 Å². The average Bonchev–Trinajstić information content (AvgIpc) is 2.45. The molecule has 0 aliphatic rings. The second-order valence-electron chi connectivity index (χ2n) is 4.03. The summed E-state index contributed by atoms with van der Waals surface area (Å²) in [6.07, 6.45) is -12.6. The van der Waals surface area contributed by atoms with Crippen LogP contribution in [-0.2, 0) is 14.3 Å². The Morgan fingerprint density at radius 2 is 1.46 bits per heavy atom. The molecule has 24 heavy (non-hydrogen) atoms.